The minimum absolute atomic E-state index is 0.0791. The number of amides is 1. The Bertz CT molecular complexity index is 446. The number of carbonyl (C=O) groups excluding carboxylic acids is 1. The van der Waals surface area contributed by atoms with Gasteiger partial charge in [-0.1, -0.05) is 0 Å². The highest BCUT2D eigenvalue weighted by atomic mass is 16.5. The summed E-state index contributed by atoms with van der Waals surface area (Å²) in [4.78, 5) is 15.7. The molecule has 0 aliphatic heterocycles. The molecule has 1 aromatic heterocycles. The average molecular weight is 264 g/mol. The number of pyridine rings is 1. The van der Waals surface area contributed by atoms with E-state index < -0.39 is 0 Å². The van der Waals surface area contributed by atoms with Gasteiger partial charge in [0.2, 0.25) is 11.8 Å². The third kappa shape index (κ3) is 4.31. The lowest BCUT2D eigenvalue weighted by Gasteiger charge is -2.09. The Hall–Kier alpha value is -1.98. The zero-order valence-corrected chi connectivity index (χ0v) is 11.1. The molecule has 0 aromatic carbocycles. The highest BCUT2D eigenvalue weighted by Crippen LogP contribution is 2.21. The summed E-state index contributed by atoms with van der Waals surface area (Å²) in [5, 5.41) is 6.02. The van der Waals surface area contributed by atoms with Crippen LogP contribution in [0.3, 0.4) is 0 Å². The first-order chi connectivity index (χ1) is 9.19. The summed E-state index contributed by atoms with van der Waals surface area (Å²) >= 11 is 0. The molecule has 1 fully saturated rings. The number of ether oxygens (including phenoxy) is 1. The number of hydrogen-bond acceptors (Lipinski definition) is 5. The summed E-state index contributed by atoms with van der Waals surface area (Å²) in [7, 11) is 0. The molecule has 6 nitrogen and oxygen atoms in total. The van der Waals surface area contributed by atoms with Crippen LogP contribution >= 0.6 is 0 Å². The van der Waals surface area contributed by atoms with Crippen LogP contribution in [-0.2, 0) is 4.79 Å². The number of nitrogens with one attached hydrogen (secondary N) is 2. The van der Waals surface area contributed by atoms with Gasteiger partial charge in [0.1, 0.15) is 5.82 Å². The number of rotatable bonds is 7. The Kier molecular flexibility index (Phi) is 4.43. The summed E-state index contributed by atoms with van der Waals surface area (Å²) in [5.74, 6) is 1.17. The van der Waals surface area contributed by atoms with Crippen LogP contribution < -0.4 is 21.1 Å². The van der Waals surface area contributed by atoms with Gasteiger partial charge >= 0.3 is 0 Å². The molecule has 6 heteroatoms. The summed E-state index contributed by atoms with van der Waals surface area (Å²) < 4.78 is 5.31. The quantitative estimate of drug-likeness (QED) is 0.687. The van der Waals surface area contributed by atoms with E-state index >= 15 is 0 Å². The molecule has 1 amide bonds. The van der Waals surface area contributed by atoms with E-state index in [-0.39, 0.29) is 5.91 Å². The van der Waals surface area contributed by atoms with Crippen molar-refractivity contribution in [1.29, 1.82) is 0 Å². The van der Waals surface area contributed by atoms with Crippen LogP contribution in [0.1, 0.15) is 26.2 Å². The third-order valence-corrected chi connectivity index (χ3v) is 2.77. The van der Waals surface area contributed by atoms with Gasteiger partial charge in [-0.15, -0.1) is 0 Å². The maximum atomic E-state index is 11.5. The van der Waals surface area contributed by atoms with Crippen molar-refractivity contribution in [2.45, 2.75) is 32.2 Å². The van der Waals surface area contributed by atoms with Gasteiger partial charge < -0.3 is 21.1 Å². The lowest BCUT2D eigenvalue weighted by atomic mass is 10.3. The van der Waals surface area contributed by atoms with E-state index in [1.807, 2.05) is 6.92 Å². The summed E-state index contributed by atoms with van der Waals surface area (Å²) in [5.41, 5.74) is 6.25. The second-order valence-corrected chi connectivity index (χ2v) is 4.54. The van der Waals surface area contributed by atoms with Crippen LogP contribution in [0.2, 0.25) is 0 Å². The normalized spacial score (nSPS) is 13.9. The van der Waals surface area contributed by atoms with Gasteiger partial charge in [0.25, 0.3) is 0 Å². The minimum atomic E-state index is 0.0791. The van der Waals surface area contributed by atoms with E-state index in [0.29, 0.717) is 43.0 Å². The summed E-state index contributed by atoms with van der Waals surface area (Å²) in [6.07, 6.45) is 2.65. The fourth-order valence-corrected chi connectivity index (χ4v) is 1.63. The van der Waals surface area contributed by atoms with Gasteiger partial charge in [0.15, 0.2) is 0 Å². The predicted molar refractivity (Wildman–Crippen MR) is 74.1 cm³/mol. The maximum absolute atomic E-state index is 11.5. The minimum Gasteiger partial charge on any atom is -0.476 e. The van der Waals surface area contributed by atoms with Crippen molar-refractivity contribution < 1.29 is 9.53 Å². The molecule has 0 spiro atoms. The molecule has 2 rings (SSSR count). The van der Waals surface area contributed by atoms with E-state index in [0.717, 1.165) is 12.8 Å². The van der Waals surface area contributed by atoms with Crippen molar-refractivity contribution in [3.63, 3.8) is 0 Å². The van der Waals surface area contributed by atoms with Crippen molar-refractivity contribution >= 4 is 17.4 Å². The van der Waals surface area contributed by atoms with Gasteiger partial charge in [-0.25, -0.2) is 0 Å². The predicted octanol–water partition coefficient (Wildman–Crippen LogP) is 1.14. The van der Waals surface area contributed by atoms with Crippen molar-refractivity contribution in [2.24, 2.45) is 0 Å². The van der Waals surface area contributed by atoms with Gasteiger partial charge in [0.05, 0.1) is 12.3 Å². The SMILES string of the molecule is CCOc1nc(NCCC(=O)NC2CC2)ccc1N. The molecular weight excluding hydrogens is 244 g/mol. The first-order valence-electron chi connectivity index (χ1n) is 6.61. The topological polar surface area (TPSA) is 89.3 Å². The fourth-order valence-electron chi connectivity index (χ4n) is 1.63. The Morgan fingerprint density at radius 2 is 2.32 bits per heavy atom. The lowest BCUT2D eigenvalue weighted by molar-refractivity contribution is -0.120. The number of aromatic nitrogens is 1. The number of nitrogens with two attached hydrogens (primary N) is 1. The fraction of sp³-hybridized carbons (Fsp3) is 0.538. The van der Waals surface area contributed by atoms with E-state index in [4.69, 9.17) is 10.5 Å². The van der Waals surface area contributed by atoms with Crippen molar-refractivity contribution in [3.8, 4) is 5.88 Å². The number of hydrogen-bond donors (Lipinski definition) is 3. The van der Waals surface area contributed by atoms with Crippen LogP contribution in [0.15, 0.2) is 12.1 Å². The summed E-state index contributed by atoms with van der Waals surface area (Å²) in [6.45, 7) is 2.94. The molecule has 0 unspecified atom stereocenters. The standard InChI is InChI=1S/C13H20N4O2/c1-2-19-13-10(14)5-6-11(17-13)15-8-7-12(18)16-9-3-4-9/h5-6,9H,2-4,7-8,14H2,1H3,(H,15,17)(H,16,18). The van der Waals surface area contributed by atoms with Gasteiger partial charge in [-0.2, -0.15) is 4.98 Å². The molecule has 1 heterocycles. The van der Waals surface area contributed by atoms with Crippen LogP contribution in [0, 0.1) is 0 Å². The van der Waals surface area contributed by atoms with Gasteiger partial charge in [-0.05, 0) is 31.9 Å². The van der Waals surface area contributed by atoms with Crippen molar-refractivity contribution in [2.75, 3.05) is 24.2 Å². The third-order valence-electron chi connectivity index (χ3n) is 2.77. The second-order valence-electron chi connectivity index (χ2n) is 4.54. The average Bonchev–Trinajstić information content (AvgIpc) is 3.17. The largest absolute Gasteiger partial charge is 0.476 e. The monoisotopic (exact) mass is 264 g/mol. The second kappa shape index (κ2) is 6.26. The van der Waals surface area contributed by atoms with E-state index in [2.05, 4.69) is 15.6 Å². The van der Waals surface area contributed by atoms with E-state index in [9.17, 15) is 4.79 Å². The lowest BCUT2D eigenvalue weighted by Crippen LogP contribution is -2.27. The molecule has 4 N–H and O–H groups in total. The molecule has 0 saturated heterocycles. The zero-order chi connectivity index (χ0) is 13.7. The van der Waals surface area contributed by atoms with Crippen LogP contribution in [-0.4, -0.2) is 30.1 Å². The first-order valence-corrected chi connectivity index (χ1v) is 6.61. The van der Waals surface area contributed by atoms with E-state index in [1.165, 1.54) is 0 Å². The number of carbonyl (C=O) groups is 1. The summed E-state index contributed by atoms with van der Waals surface area (Å²) in [6, 6.07) is 3.92. The van der Waals surface area contributed by atoms with Crippen LogP contribution in [0.4, 0.5) is 11.5 Å². The highest BCUT2D eigenvalue weighted by Gasteiger charge is 2.22. The van der Waals surface area contributed by atoms with Crippen LogP contribution in [0.25, 0.3) is 0 Å². The zero-order valence-electron chi connectivity index (χ0n) is 11.1. The maximum Gasteiger partial charge on any atom is 0.239 e. The molecule has 1 aliphatic carbocycles. The molecule has 0 radical (unpaired) electrons. The Labute approximate surface area is 112 Å². The Balaban J connectivity index is 1.78. The molecule has 1 aliphatic rings. The number of anilines is 2. The van der Waals surface area contributed by atoms with Crippen molar-refractivity contribution in [1.82, 2.24) is 10.3 Å². The molecule has 1 saturated carbocycles. The molecule has 0 atom stereocenters. The first kappa shape index (κ1) is 13.5. The Morgan fingerprint density at radius 3 is 3.00 bits per heavy atom. The molecular formula is C13H20N4O2. The molecule has 1 aromatic rings. The highest BCUT2D eigenvalue weighted by molar-refractivity contribution is 5.77. The molecule has 19 heavy (non-hydrogen) atoms. The number of nitrogens with zero attached hydrogens (tertiary/aromatic N) is 1. The van der Waals surface area contributed by atoms with E-state index in [1.54, 1.807) is 12.1 Å². The number of nitrogen functional groups attached to an aromatic ring is 1. The molecule has 0 bridgehead atoms. The van der Waals surface area contributed by atoms with Crippen LogP contribution in [0.5, 0.6) is 5.88 Å². The van der Waals surface area contributed by atoms with Gasteiger partial charge in [-0.3, -0.25) is 4.79 Å². The smallest absolute Gasteiger partial charge is 0.239 e. The molecule has 104 valence electrons. The van der Waals surface area contributed by atoms with Crippen molar-refractivity contribution in [3.05, 3.63) is 12.1 Å². The van der Waals surface area contributed by atoms with Gasteiger partial charge in [0, 0.05) is 19.0 Å². The Morgan fingerprint density at radius 1 is 1.53 bits per heavy atom.